The number of hydrogen-bond acceptors (Lipinski definition) is 6. The van der Waals surface area contributed by atoms with Crippen molar-refractivity contribution in [1.82, 2.24) is 15.5 Å². The molecule has 1 aliphatic carbocycles. The molecule has 1 saturated heterocycles. The molecule has 14 heteroatoms. The number of likely N-dealkylation sites (tertiary alicyclic amines) is 1. The predicted molar refractivity (Wildman–Crippen MR) is 125 cm³/mol. The summed E-state index contributed by atoms with van der Waals surface area (Å²) < 4.78 is 58.8. The molecule has 3 amide bonds. The molecule has 0 unspecified atom stereocenters. The van der Waals surface area contributed by atoms with Gasteiger partial charge in [-0.2, -0.15) is 8.78 Å². The smallest absolute Gasteiger partial charge is 0.311 e. The summed E-state index contributed by atoms with van der Waals surface area (Å²) in [6, 6.07) is -1.71. The van der Waals surface area contributed by atoms with Gasteiger partial charge in [0.05, 0.1) is 6.42 Å². The number of ketones is 1. The van der Waals surface area contributed by atoms with Gasteiger partial charge in [0, 0.05) is 31.6 Å². The third kappa shape index (κ3) is 7.90. The molecule has 0 aromatic heterocycles. The van der Waals surface area contributed by atoms with Crippen LogP contribution in [-0.4, -0.2) is 71.8 Å². The highest BCUT2D eigenvalue weighted by Crippen LogP contribution is 2.27. The molecule has 3 rings (SSSR count). The van der Waals surface area contributed by atoms with Crippen LogP contribution in [-0.2, 0) is 24.0 Å². The molecule has 10 nitrogen and oxygen atoms in total. The van der Waals surface area contributed by atoms with E-state index in [4.69, 9.17) is 5.11 Å². The van der Waals surface area contributed by atoms with E-state index in [0.29, 0.717) is 12.5 Å². The minimum absolute atomic E-state index is 0.0471. The number of aliphatic carboxylic acids is 1. The number of carbonyl (C=O) groups is 5. The number of hydrogen-bond donors (Lipinski definition) is 3. The lowest BCUT2D eigenvalue weighted by atomic mass is 9.95. The van der Waals surface area contributed by atoms with Crippen LogP contribution in [0.2, 0.25) is 0 Å². The second-order valence-corrected chi connectivity index (χ2v) is 9.64. The van der Waals surface area contributed by atoms with Gasteiger partial charge in [-0.3, -0.25) is 24.0 Å². The first-order valence-corrected chi connectivity index (χ1v) is 12.6. The van der Waals surface area contributed by atoms with Gasteiger partial charge in [0.15, 0.2) is 23.2 Å². The van der Waals surface area contributed by atoms with Crippen LogP contribution in [0.4, 0.5) is 17.6 Å². The van der Waals surface area contributed by atoms with Gasteiger partial charge in [0.25, 0.3) is 0 Å². The van der Waals surface area contributed by atoms with E-state index in [9.17, 15) is 41.5 Å². The molecule has 39 heavy (non-hydrogen) atoms. The van der Waals surface area contributed by atoms with E-state index in [0.717, 1.165) is 25.7 Å². The van der Waals surface area contributed by atoms with Crippen molar-refractivity contribution in [1.29, 1.82) is 0 Å². The van der Waals surface area contributed by atoms with E-state index in [2.05, 4.69) is 15.4 Å². The minimum atomic E-state index is -1.88. The number of carboxylic acids is 1. The molecule has 0 spiro atoms. The molecule has 1 heterocycles. The largest absolute Gasteiger partial charge is 0.481 e. The zero-order chi connectivity index (χ0) is 28.7. The summed E-state index contributed by atoms with van der Waals surface area (Å²) in [5.74, 6) is -13.9. The number of rotatable bonds is 10. The van der Waals surface area contributed by atoms with Gasteiger partial charge in [-0.15, -0.1) is 0 Å². The van der Waals surface area contributed by atoms with Gasteiger partial charge >= 0.3 is 17.8 Å². The lowest BCUT2D eigenvalue weighted by Gasteiger charge is -2.31. The monoisotopic (exact) mass is 559 g/mol. The summed E-state index contributed by atoms with van der Waals surface area (Å²) in [5.41, 5.74) is 0. The molecule has 2 fully saturated rings. The zero-order valence-corrected chi connectivity index (χ0v) is 20.9. The Morgan fingerprint density at radius 1 is 0.974 bits per heavy atom. The Kier molecular flexibility index (Phi) is 10.2. The molecule has 1 aliphatic heterocycles. The Morgan fingerprint density at radius 3 is 2.13 bits per heavy atom. The van der Waals surface area contributed by atoms with Crippen molar-refractivity contribution in [3.05, 3.63) is 29.3 Å². The third-order valence-corrected chi connectivity index (χ3v) is 6.89. The van der Waals surface area contributed by atoms with E-state index < -0.39 is 83.5 Å². The number of benzene rings is 1. The number of amides is 3. The maximum Gasteiger partial charge on any atom is 0.311 e. The molecule has 1 saturated carbocycles. The fourth-order valence-corrected chi connectivity index (χ4v) is 4.65. The Bertz CT molecular complexity index is 1090. The number of carbonyl (C=O) groups excluding carboxylic acids is 4. The molecular weight excluding hydrogens is 530 g/mol. The predicted octanol–water partition coefficient (Wildman–Crippen LogP) is 1.70. The van der Waals surface area contributed by atoms with Crippen LogP contribution in [0.25, 0.3) is 0 Å². The van der Waals surface area contributed by atoms with Crippen molar-refractivity contribution in [3.63, 3.8) is 0 Å². The number of nitrogens with one attached hydrogen (secondary N) is 2. The summed E-state index contributed by atoms with van der Waals surface area (Å²) in [5, 5.41) is 14.0. The standard InChI is InChI=1S/C25H29F4N3O7/c26-15-9-16(27)21(29)22(20(15)28)39-12-18(33)17(10-19(34)35)31-23(36)14-5-7-32(8-6-14)25(38)24(37)30-11-13-3-1-2-4-13/h9,13-14,17H,1-8,10-12H2,(H,30,37)(H,31,36)(H,34,35)/t17-/m0/s1. The van der Waals surface area contributed by atoms with Crippen LogP contribution in [0.3, 0.4) is 0 Å². The van der Waals surface area contributed by atoms with Crippen LogP contribution >= 0.6 is 0 Å². The van der Waals surface area contributed by atoms with Crippen molar-refractivity contribution < 1.29 is 51.4 Å². The number of nitrogens with zero attached hydrogens (tertiary/aromatic N) is 1. The molecule has 0 radical (unpaired) electrons. The number of piperidine rings is 1. The summed E-state index contributed by atoms with van der Waals surface area (Å²) in [7, 11) is 0. The van der Waals surface area contributed by atoms with Gasteiger partial charge in [0.2, 0.25) is 17.5 Å². The first-order valence-electron chi connectivity index (χ1n) is 12.6. The maximum absolute atomic E-state index is 13.8. The average molecular weight is 560 g/mol. The van der Waals surface area contributed by atoms with Crippen molar-refractivity contribution in [2.24, 2.45) is 11.8 Å². The van der Waals surface area contributed by atoms with Gasteiger partial charge in [-0.25, -0.2) is 8.78 Å². The Labute approximate surface area is 221 Å². The third-order valence-electron chi connectivity index (χ3n) is 6.89. The fraction of sp³-hybridized carbons (Fsp3) is 0.560. The first-order chi connectivity index (χ1) is 18.5. The number of carboxylic acid groups (broad SMARTS) is 1. The van der Waals surface area contributed by atoms with Gasteiger partial charge in [0.1, 0.15) is 12.6 Å². The van der Waals surface area contributed by atoms with Crippen molar-refractivity contribution in [3.8, 4) is 5.75 Å². The molecule has 3 N–H and O–H groups in total. The van der Waals surface area contributed by atoms with E-state index in [1.807, 2.05) is 0 Å². The summed E-state index contributed by atoms with van der Waals surface area (Å²) in [6.45, 7) is -0.590. The molecule has 1 aromatic carbocycles. The second-order valence-electron chi connectivity index (χ2n) is 9.64. The van der Waals surface area contributed by atoms with E-state index >= 15 is 0 Å². The normalized spacial score (nSPS) is 17.0. The van der Waals surface area contributed by atoms with Crippen LogP contribution in [0.15, 0.2) is 6.07 Å². The van der Waals surface area contributed by atoms with Crippen LogP contribution in [0, 0.1) is 35.1 Å². The molecule has 1 aromatic rings. The zero-order valence-electron chi connectivity index (χ0n) is 20.9. The van der Waals surface area contributed by atoms with Crippen molar-refractivity contribution in [2.75, 3.05) is 26.2 Å². The fourth-order valence-electron chi connectivity index (χ4n) is 4.65. The molecule has 2 aliphatic rings. The van der Waals surface area contributed by atoms with Crippen LogP contribution < -0.4 is 15.4 Å². The van der Waals surface area contributed by atoms with E-state index in [1.165, 1.54) is 4.90 Å². The number of halogens is 4. The highest BCUT2D eigenvalue weighted by Gasteiger charge is 2.33. The summed E-state index contributed by atoms with van der Waals surface area (Å²) >= 11 is 0. The highest BCUT2D eigenvalue weighted by molar-refractivity contribution is 6.35. The van der Waals surface area contributed by atoms with Crippen LogP contribution in [0.5, 0.6) is 5.75 Å². The van der Waals surface area contributed by atoms with Gasteiger partial charge in [-0.05, 0) is 31.6 Å². The lowest BCUT2D eigenvalue weighted by Crippen LogP contribution is -2.51. The SMILES string of the molecule is O=C(O)C[C@H](NC(=O)C1CCN(C(=O)C(=O)NCC2CCCC2)CC1)C(=O)COc1c(F)c(F)cc(F)c1F. The van der Waals surface area contributed by atoms with Gasteiger partial charge < -0.3 is 25.4 Å². The van der Waals surface area contributed by atoms with E-state index in [1.54, 1.807) is 0 Å². The number of Topliss-reactive ketones (excluding diaryl/α,β-unsaturated/α-hetero) is 1. The highest BCUT2D eigenvalue weighted by atomic mass is 19.2. The summed E-state index contributed by atoms with van der Waals surface area (Å²) in [6.07, 6.45) is 3.58. The molecule has 0 bridgehead atoms. The molecule has 1 atom stereocenters. The van der Waals surface area contributed by atoms with Crippen molar-refractivity contribution in [2.45, 2.75) is 51.0 Å². The van der Waals surface area contributed by atoms with Gasteiger partial charge in [-0.1, -0.05) is 12.8 Å². The Morgan fingerprint density at radius 2 is 1.56 bits per heavy atom. The van der Waals surface area contributed by atoms with E-state index in [-0.39, 0.29) is 32.0 Å². The van der Waals surface area contributed by atoms with Crippen LogP contribution in [0.1, 0.15) is 44.9 Å². The Hall–Kier alpha value is -3.71. The second kappa shape index (κ2) is 13.4. The first kappa shape index (κ1) is 29.8. The maximum atomic E-state index is 13.8. The lowest BCUT2D eigenvalue weighted by molar-refractivity contribution is -0.147. The Balaban J connectivity index is 1.52. The summed E-state index contributed by atoms with van der Waals surface area (Å²) in [4.78, 5) is 62.4. The minimum Gasteiger partial charge on any atom is -0.481 e. The average Bonchev–Trinajstić information content (AvgIpc) is 3.43. The molecule has 214 valence electrons. The topological polar surface area (TPSA) is 142 Å². The number of ether oxygens (including phenoxy) is 1. The van der Waals surface area contributed by atoms with Crippen molar-refractivity contribution >= 4 is 29.5 Å². The quantitative estimate of drug-likeness (QED) is 0.225. The molecular formula is C25H29F4N3O7.